The number of nitrogens with zero attached hydrogens (tertiary/aromatic N) is 3. The third kappa shape index (κ3) is 5.23. The molecule has 1 heterocycles. The number of rotatable bonds is 7. The molecular weight excluding hydrogens is 382 g/mol. The molecule has 1 unspecified atom stereocenters. The number of benzene rings is 2. The molecule has 0 amide bonds. The Morgan fingerprint density at radius 2 is 1.83 bits per heavy atom. The maximum absolute atomic E-state index is 12.6. The molecule has 0 N–H and O–H groups in total. The lowest BCUT2D eigenvalue weighted by Crippen LogP contribution is -2.16. The fourth-order valence-electron chi connectivity index (χ4n) is 2.98. The van der Waals surface area contributed by atoms with E-state index in [4.69, 9.17) is 0 Å². The fourth-order valence-corrected chi connectivity index (χ4v) is 3.70. The minimum absolute atomic E-state index is 0.153. The van der Waals surface area contributed by atoms with Crippen LogP contribution in [-0.4, -0.2) is 33.5 Å². The van der Waals surface area contributed by atoms with Gasteiger partial charge >= 0.3 is 0 Å². The topological polar surface area (TPSA) is 64.3 Å². The van der Waals surface area contributed by atoms with Gasteiger partial charge in [0.15, 0.2) is 0 Å². The van der Waals surface area contributed by atoms with E-state index in [-0.39, 0.29) is 5.43 Å². The van der Waals surface area contributed by atoms with Crippen molar-refractivity contribution in [3.8, 4) is 5.69 Å². The molecular formula is C23H23N3O2S. The summed E-state index contributed by atoms with van der Waals surface area (Å²) >= 11 is 0. The number of hydrogen-bond acceptors (Lipinski definition) is 4. The summed E-state index contributed by atoms with van der Waals surface area (Å²) in [4.78, 5) is 17.3. The van der Waals surface area contributed by atoms with Gasteiger partial charge in [-0.3, -0.25) is 9.00 Å². The van der Waals surface area contributed by atoms with E-state index in [9.17, 15) is 9.00 Å². The van der Waals surface area contributed by atoms with Crippen LogP contribution in [0.5, 0.6) is 0 Å². The predicted molar refractivity (Wildman–Crippen MR) is 119 cm³/mol. The lowest BCUT2D eigenvalue weighted by molar-refractivity contribution is 0.685. The first kappa shape index (κ1) is 20.6. The highest BCUT2D eigenvalue weighted by Gasteiger charge is 2.12. The molecule has 0 saturated heterocycles. The predicted octanol–water partition coefficient (Wildman–Crippen LogP) is 3.69. The maximum Gasteiger partial charge on any atom is 0.207 e. The van der Waals surface area contributed by atoms with Crippen LogP contribution in [0.2, 0.25) is 0 Å². The van der Waals surface area contributed by atoms with E-state index in [1.54, 1.807) is 36.5 Å². The van der Waals surface area contributed by atoms with Crippen LogP contribution in [0.25, 0.3) is 11.3 Å². The van der Waals surface area contributed by atoms with Crippen LogP contribution in [0.15, 0.2) is 87.6 Å². The van der Waals surface area contributed by atoms with Crippen molar-refractivity contribution in [3.63, 3.8) is 0 Å². The molecule has 0 aliphatic rings. The summed E-state index contributed by atoms with van der Waals surface area (Å²) in [5.74, 6) is 0. The number of hydrogen-bond donors (Lipinski definition) is 0. The van der Waals surface area contributed by atoms with Gasteiger partial charge in [0.2, 0.25) is 5.43 Å². The van der Waals surface area contributed by atoms with Crippen molar-refractivity contribution in [2.75, 3.05) is 13.3 Å². The second kappa shape index (κ2) is 9.89. The standard InChI is InChI=1S/C23H23N3O2S/c1-24-16-14-19(13-12-18-8-4-3-5-9-18)23-21(27)15-17-26(25-23)20-10-6-7-11-22(20)29(2)28/h3-11,13,15-17H,12,14H2,1-2H3/b19-13-,24-16?. The van der Waals surface area contributed by atoms with Crippen molar-refractivity contribution in [1.82, 2.24) is 9.78 Å². The van der Waals surface area contributed by atoms with E-state index in [2.05, 4.69) is 10.1 Å². The van der Waals surface area contributed by atoms with Gasteiger partial charge in [-0.2, -0.15) is 5.10 Å². The Bertz CT molecular complexity index is 1120. The van der Waals surface area contributed by atoms with Gasteiger partial charge in [-0.05, 0) is 29.7 Å². The van der Waals surface area contributed by atoms with Crippen LogP contribution < -0.4 is 5.43 Å². The van der Waals surface area contributed by atoms with Crippen molar-refractivity contribution in [2.45, 2.75) is 17.7 Å². The molecule has 0 radical (unpaired) electrons. The number of aliphatic imine (C=N–C) groups is 1. The first-order valence-corrected chi connectivity index (χ1v) is 10.8. The van der Waals surface area contributed by atoms with Crippen LogP contribution in [0.4, 0.5) is 0 Å². The van der Waals surface area contributed by atoms with Crippen molar-refractivity contribution in [3.05, 3.63) is 94.4 Å². The zero-order valence-electron chi connectivity index (χ0n) is 16.5. The molecule has 0 fully saturated rings. The van der Waals surface area contributed by atoms with E-state index in [1.165, 1.54) is 6.07 Å². The summed E-state index contributed by atoms with van der Waals surface area (Å²) in [5, 5.41) is 4.59. The maximum atomic E-state index is 12.6. The Morgan fingerprint density at radius 1 is 1.10 bits per heavy atom. The molecule has 29 heavy (non-hydrogen) atoms. The van der Waals surface area contributed by atoms with Gasteiger partial charge in [0.1, 0.15) is 5.69 Å². The normalized spacial score (nSPS) is 13.0. The second-order valence-corrected chi connectivity index (χ2v) is 7.81. The molecule has 6 heteroatoms. The SMILES string of the molecule is CN=CC/C(=C/Cc1ccccc1)c1nn(-c2ccccc2S(C)=O)ccc1=O. The minimum atomic E-state index is -1.17. The fraction of sp³-hybridized carbons (Fsp3) is 0.174. The van der Waals surface area contributed by atoms with Crippen LogP contribution in [0, 0.1) is 0 Å². The van der Waals surface area contributed by atoms with E-state index in [0.717, 1.165) is 11.1 Å². The molecule has 2 aromatic carbocycles. The van der Waals surface area contributed by atoms with Gasteiger partial charge in [-0.1, -0.05) is 48.5 Å². The third-order valence-electron chi connectivity index (χ3n) is 4.45. The monoisotopic (exact) mass is 405 g/mol. The van der Waals surface area contributed by atoms with Gasteiger partial charge in [-0.25, -0.2) is 4.68 Å². The Morgan fingerprint density at radius 3 is 2.55 bits per heavy atom. The Labute approximate surface area is 172 Å². The average Bonchev–Trinajstić information content (AvgIpc) is 2.75. The third-order valence-corrected chi connectivity index (χ3v) is 5.42. The molecule has 1 atom stereocenters. The van der Waals surface area contributed by atoms with Gasteiger partial charge < -0.3 is 4.99 Å². The summed E-state index contributed by atoms with van der Waals surface area (Å²) in [6, 6.07) is 18.9. The molecule has 0 bridgehead atoms. The Kier molecular flexibility index (Phi) is 7.03. The smallest absolute Gasteiger partial charge is 0.207 e. The lowest BCUT2D eigenvalue weighted by atomic mass is 10.0. The number of aromatic nitrogens is 2. The molecule has 1 aromatic heterocycles. The Balaban J connectivity index is 2.06. The molecule has 0 aliphatic carbocycles. The second-order valence-electron chi connectivity index (χ2n) is 6.46. The van der Waals surface area contributed by atoms with E-state index in [0.29, 0.717) is 29.1 Å². The van der Waals surface area contributed by atoms with Crippen LogP contribution in [0.1, 0.15) is 17.7 Å². The molecule has 0 saturated carbocycles. The quantitative estimate of drug-likeness (QED) is 0.563. The summed E-state index contributed by atoms with van der Waals surface area (Å²) in [6.45, 7) is 0. The highest BCUT2D eigenvalue weighted by Crippen LogP contribution is 2.18. The van der Waals surface area contributed by atoms with Crippen molar-refractivity contribution in [1.29, 1.82) is 0 Å². The van der Waals surface area contributed by atoms with Crippen molar-refractivity contribution < 1.29 is 4.21 Å². The summed E-state index contributed by atoms with van der Waals surface area (Å²) in [6.07, 6.45) is 8.24. The Hall–Kier alpha value is -3.12. The molecule has 3 rings (SSSR count). The first-order chi connectivity index (χ1) is 14.1. The molecule has 0 aliphatic heterocycles. The highest BCUT2D eigenvalue weighted by molar-refractivity contribution is 7.84. The average molecular weight is 406 g/mol. The van der Waals surface area contributed by atoms with E-state index in [1.807, 2.05) is 54.6 Å². The first-order valence-electron chi connectivity index (χ1n) is 9.27. The molecule has 148 valence electrons. The number of para-hydroxylation sites is 1. The number of allylic oxidation sites excluding steroid dienone is 2. The van der Waals surface area contributed by atoms with Gasteiger partial charge in [0.05, 0.1) is 21.4 Å². The molecule has 3 aromatic rings. The zero-order chi connectivity index (χ0) is 20.6. The van der Waals surface area contributed by atoms with E-state index < -0.39 is 10.8 Å². The van der Waals surface area contributed by atoms with Gasteiger partial charge in [0, 0.05) is 38.2 Å². The van der Waals surface area contributed by atoms with Crippen LogP contribution in [0.3, 0.4) is 0 Å². The highest BCUT2D eigenvalue weighted by atomic mass is 32.2. The molecule has 5 nitrogen and oxygen atoms in total. The summed E-state index contributed by atoms with van der Waals surface area (Å²) in [7, 11) is 0.535. The van der Waals surface area contributed by atoms with Crippen LogP contribution >= 0.6 is 0 Å². The zero-order valence-corrected chi connectivity index (χ0v) is 17.3. The van der Waals surface area contributed by atoms with E-state index >= 15 is 0 Å². The lowest BCUT2D eigenvalue weighted by Gasteiger charge is -2.12. The van der Waals surface area contributed by atoms with Gasteiger partial charge in [0.25, 0.3) is 0 Å². The minimum Gasteiger partial charge on any atom is -0.301 e. The van der Waals surface area contributed by atoms with Crippen molar-refractivity contribution >= 4 is 22.6 Å². The largest absolute Gasteiger partial charge is 0.301 e. The van der Waals surface area contributed by atoms with Crippen LogP contribution in [-0.2, 0) is 17.2 Å². The van der Waals surface area contributed by atoms with Crippen molar-refractivity contribution in [2.24, 2.45) is 4.99 Å². The molecule has 0 spiro atoms. The van der Waals surface area contributed by atoms with Gasteiger partial charge in [-0.15, -0.1) is 0 Å². The summed E-state index contributed by atoms with van der Waals surface area (Å²) < 4.78 is 13.7. The summed E-state index contributed by atoms with van der Waals surface area (Å²) in [5.41, 5.74) is 2.89.